The minimum absolute atomic E-state index is 0.0400. The van der Waals surface area contributed by atoms with E-state index in [0.29, 0.717) is 6.42 Å². The Bertz CT molecular complexity index is 257. The van der Waals surface area contributed by atoms with Crippen LogP contribution in [0.15, 0.2) is 0 Å². The number of carbonyl (C=O) groups excluding carboxylic acids is 2. The highest BCUT2D eigenvalue weighted by Gasteiger charge is 2.46. The SMILES string of the molecule is CC1CCC(C(=O)C(F)(F)F)C(=O)C1. The molecule has 2 atom stereocenters. The Morgan fingerprint density at radius 2 is 1.93 bits per heavy atom. The van der Waals surface area contributed by atoms with Gasteiger partial charge in [0.15, 0.2) is 0 Å². The van der Waals surface area contributed by atoms with Crippen LogP contribution in [0.2, 0.25) is 0 Å². The van der Waals surface area contributed by atoms with E-state index in [9.17, 15) is 22.8 Å². The molecule has 1 saturated carbocycles. The molecule has 0 aromatic rings. The van der Waals surface area contributed by atoms with Gasteiger partial charge in [-0.05, 0) is 18.8 Å². The summed E-state index contributed by atoms with van der Waals surface area (Å²) in [6, 6.07) is 0. The van der Waals surface area contributed by atoms with Crippen LogP contribution in [0.3, 0.4) is 0 Å². The summed E-state index contributed by atoms with van der Waals surface area (Å²) in [6.07, 6.45) is -4.23. The van der Waals surface area contributed by atoms with Gasteiger partial charge in [-0.1, -0.05) is 6.92 Å². The number of ketones is 2. The van der Waals surface area contributed by atoms with Crippen LogP contribution in [0.5, 0.6) is 0 Å². The summed E-state index contributed by atoms with van der Waals surface area (Å²) >= 11 is 0. The zero-order valence-corrected chi connectivity index (χ0v) is 7.73. The summed E-state index contributed by atoms with van der Waals surface area (Å²) < 4.78 is 36.0. The fourth-order valence-corrected chi connectivity index (χ4v) is 1.67. The molecule has 5 heteroatoms. The van der Waals surface area contributed by atoms with E-state index in [0.717, 1.165) is 0 Å². The van der Waals surface area contributed by atoms with E-state index in [4.69, 9.17) is 0 Å². The van der Waals surface area contributed by atoms with Crippen molar-refractivity contribution in [3.8, 4) is 0 Å². The van der Waals surface area contributed by atoms with Crippen molar-refractivity contribution in [2.24, 2.45) is 11.8 Å². The molecule has 0 amide bonds. The Labute approximate surface area is 79.5 Å². The van der Waals surface area contributed by atoms with Gasteiger partial charge in [-0.15, -0.1) is 0 Å². The maximum atomic E-state index is 12.0. The molecule has 14 heavy (non-hydrogen) atoms. The average Bonchev–Trinajstić information content (AvgIpc) is 2.01. The molecule has 0 bridgehead atoms. The molecule has 0 aromatic heterocycles. The van der Waals surface area contributed by atoms with Crippen molar-refractivity contribution in [3.63, 3.8) is 0 Å². The maximum absolute atomic E-state index is 12.0. The van der Waals surface area contributed by atoms with Gasteiger partial charge in [0, 0.05) is 6.42 Å². The second kappa shape index (κ2) is 3.71. The highest BCUT2D eigenvalue weighted by molar-refractivity contribution is 6.05. The van der Waals surface area contributed by atoms with Crippen molar-refractivity contribution < 1.29 is 22.8 Å². The molecule has 1 fully saturated rings. The van der Waals surface area contributed by atoms with Gasteiger partial charge < -0.3 is 0 Å². The number of Topliss-reactive ketones (excluding diaryl/α,β-unsaturated/α-hetero) is 2. The van der Waals surface area contributed by atoms with E-state index in [1.165, 1.54) is 0 Å². The summed E-state index contributed by atoms with van der Waals surface area (Å²) in [5, 5.41) is 0. The first kappa shape index (κ1) is 11.2. The molecule has 1 rings (SSSR count). The van der Waals surface area contributed by atoms with E-state index in [-0.39, 0.29) is 18.8 Å². The lowest BCUT2D eigenvalue weighted by atomic mass is 9.80. The summed E-state index contributed by atoms with van der Waals surface area (Å²) in [5.74, 6) is -3.79. The van der Waals surface area contributed by atoms with Crippen LogP contribution in [0.4, 0.5) is 13.2 Å². The van der Waals surface area contributed by atoms with Crippen LogP contribution < -0.4 is 0 Å². The predicted molar refractivity (Wildman–Crippen MR) is 42.6 cm³/mol. The quantitative estimate of drug-likeness (QED) is 0.618. The molecule has 1 aliphatic rings. The number of rotatable bonds is 1. The Morgan fingerprint density at radius 3 is 2.36 bits per heavy atom. The summed E-state index contributed by atoms with van der Waals surface area (Å²) in [6.45, 7) is 1.80. The largest absolute Gasteiger partial charge is 0.450 e. The highest BCUT2D eigenvalue weighted by Crippen LogP contribution is 2.31. The molecule has 0 aliphatic heterocycles. The second-order valence-electron chi connectivity index (χ2n) is 3.77. The molecule has 0 N–H and O–H groups in total. The predicted octanol–water partition coefficient (Wildman–Crippen LogP) is 2.12. The molecule has 1 aliphatic carbocycles. The van der Waals surface area contributed by atoms with Gasteiger partial charge in [-0.25, -0.2) is 0 Å². The molecule has 0 radical (unpaired) electrons. The summed E-state index contributed by atoms with van der Waals surface area (Å²) in [7, 11) is 0. The molecule has 0 aromatic carbocycles. The normalized spacial score (nSPS) is 29.0. The first-order chi connectivity index (χ1) is 6.32. The zero-order chi connectivity index (χ0) is 10.9. The van der Waals surface area contributed by atoms with Crippen LogP contribution >= 0.6 is 0 Å². The van der Waals surface area contributed by atoms with Gasteiger partial charge in [-0.3, -0.25) is 9.59 Å². The number of halogens is 3. The number of hydrogen-bond acceptors (Lipinski definition) is 2. The zero-order valence-electron chi connectivity index (χ0n) is 7.73. The fraction of sp³-hybridized carbons (Fsp3) is 0.778. The van der Waals surface area contributed by atoms with Crippen LogP contribution in [-0.2, 0) is 9.59 Å². The molecular formula is C9H11F3O2. The van der Waals surface area contributed by atoms with Gasteiger partial charge in [0.2, 0.25) is 5.78 Å². The first-order valence-corrected chi connectivity index (χ1v) is 4.46. The number of carbonyl (C=O) groups is 2. The number of hydrogen-bond donors (Lipinski definition) is 0. The highest BCUT2D eigenvalue weighted by atomic mass is 19.4. The number of alkyl halides is 3. The second-order valence-corrected chi connectivity index (χ2v) is 3.77. The molecule has 0 heterocycles. The van der Waals surface area contributed by atoms with Gasteiger partial charge >= 0.3 is 6.18 Å². The van der Waals surface area contributed by atoms with E-state index < -0.39 is 23.7 Å². The van der Waals surface area contributed by atoms with Crippen molar-refractivity contribution in [1.82, 2.24) is 0 Å². The van der Waals surface area contributed by atoms with Crippen molar-refractivity contribution >= 4 is 11.6 Å². The molecule has 2 unspecified atom stereocenters. The third-order valence-corrected chi connectivity index (χ3v) is 2.48. The third kappa shape index (κ3) is 2.33. The van der Waals surface area contributed by atoms with Crippen molar-refractivity contribution in [1.29, 1.82) is 0 Å². The maximum Gasteiger partial charge on any atom is 0.450 e. The van der Waals surface area contributed by atoms with Crippen molar-refractivity contribution in [3.05, 3.63) is 0 Å². The van der Waals surface area contributed by atoms with Crippen LogP contribution in [0.1, 0.15) is 26.2 Å². The lowest BCUT2D eigenvalue weighted by molar-refractivity contribution is -0.177. The lowest BCUT2D eigenvalue weighted by Gasteiger charge is -2.24. The Kier molecular flexibility index (Phi) is 2.97. The van der Waals surface area contributed by atoms with Gasteiger partial charge in [-0.2, -0.15) is 13.2 Å². The van der Waals surface area contributed by atoms with Crippen LogP contribution in [0, 0.1) is 11.8 Å². The monoisotopic (exact) mass is 208 g/mol. The molecule has 0 spiro atoms. The summed E-state index contributed by atoms with van der Waals surface area (Å²) in [4.78, 5) is 22.0. The van der Waals surface area contributed by atoms with Crippen LogP contribution in [0.25, 0.3) is 0 Å². The first-order valence-electron chi connectivity index (χ1n) is 4.46. The van der Waals surface area contributed by atoms with Crippen molar-refractivity contribution in [2.75, 3.05) is 0 Å². The topological polar surface area (TPSA) is 34.1 Å². The van der Waals surface area contributed by atoms with Gasteiger partial charge in [0.1, 0.15) is 5.78 Å². The van der Waals surface area contributed by atoms with Gasteiger partial charge in [0.05, 0.1) is 5.92 Å². The average molecular weight is 208 g/mol. The Hall–Kier alpha value is -0.870. The molecule has 80 valence electrons. The minimum Gasteiger partial charge on any atom is -0.299 e. The lowest BCUT2D eigenvalue weighted by Crippen LogP contribution is -2.38. The third-order valence-electron chi connectivity index (χ3n) is 2.48. The Morgan fingerprint density at radius 1 is 1.36 bits per heavy atom. The van der Waals surface area contributed by atoms with Crippen molar-refractivity contribution in [2.45, 2.75) is 32.4 Å². The van der Waals surface area contributed by atoms with E-state index in [1.807, 2.05) is 0 Å². The molecule has 2 nitrogen and oxygen atoms in total. The van der Waals surface area contributed by atoms with E-state index >= 15 is 0 Å². The van der Waals surface area contributed by atoms with Gasteiger partial charge in [0.25, 0.3) is 0 Å². The smallest absolute Gasteiger partial charge is 0.299 e. The standard InChI is InChI=1S/C9H11F3O2/c1-5-2-3-6(7(13)4-5)8(14)9(10,11)12/h5-6H,2-4H2,1H3. The van der Waals surface area contributed by atoms with E-state index in [2.05, 4.69) is 0 Å². The van der Waals surface area contributed by atoms with E-state index in [1.54, 1.807) is 6.92 Å². The fourth-order valence-electron chi connectivity index (χ4n) is 1.67. The molecular weight excluding hydrogens is 197 g/mol. The minimum atomic E-state index is -4.87. The van der Waals surface area contributed by atoms with Crippen LogP contribution in [-0.4, -0.2) is 17.7 Å². The summed E-state index contributed by atoms with van der Waals surface area (Å²) in [5.41, 5.74) is 0. The Balaban J connectivity index is 2.70. The molecule has 0 saturated heterocycles.